The van der Waals surface area contributed by atoms with Crippen molar-refractivity contribution in [2.75, 3.05) is 19.6 Å². The average molecular weight is 364 g/mol. The molecule has 0 spiro atoms. The van der Waals surface area contributed by atoms with Gasteiger partial charge in [-0.1, -0.05) is 60.2 Å². The van der Waals surface area contributed by atoms with E-state index in [2.05, 4.69) is 60.4 Å². The first-order chi connectivity index (χ1) is 13.1. The zero-order valence-electron chi connectivity index (χ0n) is 16.6. The Morgan fingerprint density at radius 2 is 1.48 bits per heavy atom. The summed E-state index contributed by atoms with van der Waals surface area (Å²) in [5.74, 6) is 1.76. The van der Waals surface area contributed by atoms with Gasteiger partial charge in [0, 0.05) is 26.1 Å². The summed E-state index contributed by atoms with van der Waals surface area (Å²) in [7, 11) is 0. The smallest absolute Gasteiger partial charge is 0.0948 e. The van der Waals surface area contributed by atoms with Crippen LogP contribution < -0.4 is 0 Å². The average Bonchev–Trinajstić information content (AvgIpc) is 3.01. The maximum absolute atomic E-state index is 11.7. The van der Waals surface area contributed by atoms with Crippen LogP contribution >= 0.6 is 0 Å². The van der Waals surface area contributed by atoms with Crippen molar-refractivity contribution in [3.05, 3.63) is 71.3 Å². The van der Waals surface area contributed by atoms with Gasteiger partial charge in [-0.25, -0.2) is 0 Å². The molecule has 2 aliphatic heterocycles. The molecule has 1 atom stereocenters. The fourth-order valence-electron chi connectivity index (χ4n) is 5.06. The van der Waals surface area contributed by atoms with E-state index < -0.39 is 5.60 Å². The molecule has 1 unspecified atom stereocenters. The van der Waals surface area contributed by atoms with Crippen molar-refractivity contribution >= 4 is 0 Å². The van der Waals surface area contributed by atoms with Gasteiger partial charge in [-0.2, -0.15) is 0 Å². The molecule has 0 aromatic heterocycles. The summed E-state index contributed by atoms with van der Waals surface area (Å²) in [5.41, 5.74) is 2.69. The van der Waals surface area contributed by atoms with Crippen LogP contribution in [0.4, 0.5) is 0 Å². The molecule has 5 rings (SSSR count). The van der Waals surface area contributed by atoms with Gasteiger partial charge in [0.25, 0.3) is 0 Å². The Hall–Kier alpha value is -1.64. The maximum atomic E-state index is 11.7. The van der Waals surface area contributed by atoms with Gasteiger partial charge in [0.05, 0.1) is 5.60 Å². The minimum atomic E-state index is -0.805. The second-order valence-corrected chi connectivity index (χ2v) is 8.96. The molecule has 2 heterocycles. The lowest BCUT2D eigenvalue weighted by atomic mass is 9.84. The number of benzene rings is 2. The van der Waals surface area contributed by atoms with Crippen LogP contribution in [0, 0.1) is 18.8 Å². The first-order valence-corrected chi connectivity index (χ1v) is 10.7. The summed E-state index contributed by atoms with van der Waals surface area (Å²) in [4.78, 5) is 2.64. The second kappa shape index (κ2) is 8.16. The molecule has 1 aliphatic carbocycles. The summed E-state index contributed by atoms with van der Waals surface area (Å²) >= 11 is 0. The largest absolute Gasteiger partial charge is 0.385 e. The highest BCUT2D eigenvalue weighted by molar-refractivity contribution is 5.29. The van der Waals surface area contributed by atoms with E-state index in [-0.39, 0.29) is 0 Å². The van der Waals surface area contributed by atoms with Crippen LogP contribution in [0.15, 0.2) is 54.6 Å². The highest BCUT2D eigenvalue weighted by atomic mass is 16.3. The number of rotatable bonds is 6. The van der Waals surface area contributed by atoms with Gasteiger partial charge in [-0.05, 0) is 62.0 Å². The lowest BCUT2D eigenvalue weighted by molar-refractivity contribution is 0.0163. The van der Waals surface area contributed by atoms with Crippen molar-refractivity contribution in [2.45, 2.75) is 51.0 Å². The fraction of sp³-hybridized carbons (Fsp3) is 0.520. The van der Waals surface area contributed by atoms with Crippen LogP contribution in [-0.4, -0.2) is 29.6 Å². The van der Waals surface area contributed by atoms with E-state index in [1.54, 1.807) is 0 Å². The van der Waals surface area contributed by atoms with E-state index in [0.717, 1.165) is 30.4 Å². The molecule has 144 valence electrons. The maximum Gasteiger partial charge on any atom is 0.0948 e. The van der Waals surface area contributed by atoms with Gasteiger partial charge < -0.3 is 10.0 Å². The summed E-state index contributed by atoms with van der Waals surface area (Å²) in [6, 6.07) is 18.9. The van der Waals surface area contributed by atoms with Gasteiger partial charge in [0.1, 0.15) is 0 Å². The molecule has 1 saturated carbocycles. The fourth-order valence-corrected chi connectivity index (χ4v) is 5.06. The van der Waals surface area contributed by atoms with Gasteiger partial charge >= 0.3 is 0 Å². The third-order valence-electron chi connectivity index (χ3n) is 6.77. The van der Waals surface area contributed by atoms with Crippen molar-refractivity contribution in [2.24, 2.45) is 11.8 Å². The van der Waals surface area contributed by atoms with Gasteiger partial charge in [0.2, 0.25) is 0 Å². The summed E-state index contributed by atoms with van der Waals surface area (Å²) in [6.07, 6.45) is 7.11. The van der Waals surface area contributed by atoms with Crippen LogP contribution in [0.3, 0.4) is 0 Å². The van der Waals surface area contributed by atoms with Crippen LogP contribution in [0.25, 0.3) is 0 Å². The predicted octanol–water partition coefficient (Wildman–Crippen LogP) is 4.94. The van der Waals surface area contributed by atoms with Crippen molar-refractivity contribution in [1.82, 2.24) is 4.90 Å². The van der Waals surface area contributed by atoms with E-state index in [9.17, 15) is 5.11 Å². The zero-order valence-corrected chi connectivity index (χ0v) is 16.6. The Kier molecular flexibility index (Phi) is 5.66. The van der Waals surface area contributed by atoms with Crippen molar-refractivity contribution in [3.8, 4) is 0 Å². The minimum absolute atomic E-state index is 0.678. The van der Waals surface area contributed by atoms with E-state index in [0.29, 0.717) is 6.42 Å². The second-order valence-electron chi connectivity index (χ2n) is 8.96. The van der Waals surface area contributed by atoms with Crippen LogP contribution in [-0.2, 0) is 12.0 Å². The minimum Gasteiger partial charge on any atom is -0.385 e. The number of nitrogens with zero attached hydrogens (tertiary/aromatic N) is 1. The molecule has 0 radical (unpaired) electrons. The van der Waals surface area contributed by atoms with Crippen LogP contribution in [0.1, 0.15) is 48.8 Å². The Morgan fingerprint density at radius 1 is 0.889 bits per heavy atom. The highest BCUT2D eigenvalue weighted by Crippen LogP contribution is 2.35. The number of aliphatic hydroxyl groups is 1. The predicted molar refractivity (Wildman–Crippen MR) is 112 cm³/mol. The molecular weight excluding hydrogens is 330 g/mol. The number of hydrogen-bond donors (Lipinski definition) is 1. The van der Waals surface area contributed by atoms with Crippen molar-refractivity contribution in [3.63, 3.8) is 0 Å². The van der Waals surface area contributed by atoms with Gasteiger partial charge in [-0.3, -0.25) is 0 Å². The first-order valence-electron chi connectivity index (χ1n) is 10.7. The summed E-state index contributed by atoms with van der Waals surface area (Å²) in [5, 5.41) is 11.7. The highest BCUT2D eigenvalue weighted by Gasteiger charge is 2.33. The molecule has 2 aromatic rings. The quantitative estimate of drug-likeness (QED) is 0.786. The number of fused-ring (bicyclic) bond motifs is 4. The standard InChI is InChI=1S/C25H33NO/c1-20-7-13-24(14-8-20)25(27,17-21-5-3-2-4-6-21)15-16-26-18-22-9-10-23(19-26)12-11-22/h2-8,13-14,22-23,27H,9-12,15-19H2,1H3. The Balaban J connectivity index is 1.51. The lowest BCUT2D eigenvalue weighted by Gasteiger charge is -2.32. The van der Waals surface area contributed by atoms with Crippen molar-refractivity contribution < 1.29 is 5.11 Å². The molecule has 2 bridgehead atoms. The molecule has 2 heteroatoms. The lowest BCUT2D eigenvalue weighted by Crippen LogP contribution is -2.37. The Bertz CT molecular complexity index is 704. The normalized spacial score (nSPS) is 25.1. The molecule has 0 amide bonds. The number of aryl methyl sites for hydroxylation is 1. The molecular formula is C25H33NO. The molecule has 2 saturated heterocycles. The van der Waals surface area contributed by atoms with Crippen molar-refractivity contribution in [1.29, 1.82) is 0 Å². The van der Waals surface area contributed by atoms with E-state index >= 15 is 0 Å². The topological polar surface area (TPSA) is 23.5 Å². The molecule has 2 nitrogen and oxygen atoms in total. The monoisotopic (exact) mass is 363 g/mol. The van der Waals surface area contributed by atoms with Gasteiger partial charge in [-0.15, -0.1) is 0 Å². The van der Waals surface area contributed by atoms with E-state index in [1.807, 2.05) is 6.07 Å². The first kappa shape index (κ1) is 18.7. The number of hydrogen-bond acceptors (Lipinski definition) is 2. The SMILES string of the molecule is Cc1ccc(C(O)(CCN2CC3CCC(CC3)C2)Cc2ccccc2)cc1. The third kappa shape index (κ3) is 4.62. The third-order valence-corrected chi connectivity index (χ3v) is 6.77. The zero-order chi connectivity index (χ0) is 18.7. The van der Waals surface area contributed by atoms with Crippen LogP contribution in [0.2, 0.25) is 0 Å². The molecule has 3 fully saturated rings. The molecule has 1 N–H and O–H groups in total. The molecule has 3 aliphatic rings. The van der Waals surface area contributed by atoms with Gasteiger partial charge in [0.15, 0.2) is 0 Å². The van der Waals surface area contributed by atoms with E-state index in [1.165, 1.54) is 49.9 Å². The summed E-state index contributed by atoms with van der Waals surface area (Å²) in [6.45, 7) is 5.55. The summed E-state index contributed by atoms with van der Waals surface area (Å²) < 4.78 is 0. The van der Waals surface area contributed by atoms with E-state index in [4.69, 9.17) is 0 Å². The Morgan fingerprint density at radius 3 is 2.07 bits per heavy atom. The Labute approximate surface area is 164 Å². The molecule has 27 heavy (non-hydrogen) atoms. The molecule has 2 aromatic carbocycles. The van der Waals surface area contributed by atoms with Crippen LogP contribution in [0.5, 0.6) is 0 Å².